The molecule has 98 valence electrons. The van der Waals surface area contributed by atoms with Crippen LogP contribution in [0.15, 0.2) is 0 Å². The van der Waals surface area contributed by atoms with Crippen LogP contribution >= 0.6 is 0 Å². The standard InChI is InChI=1S/C14H27N3/c1-4-14(16,11-15)7-5-8-17-9-6-12(2)10-13(17)3/h12-13H,4-10,16H2,1-3H3. The van der Waals surface area contributed by atoms with Crippen LogP contribution < -0.4 is 5.73 Å². The van der Waals surface area contributed by atoms with Crippen LogP contribution in [0.1, 0.15) is 52.9 Å². The number of nitriles is 1. The molecule has 3 heteroatoms. The Morgan fingerprint density at radius 2 is 2.18 bits per heavy atom. The topological polar surface area (TPSA) is 53.1 Å². The van der Waals surface area contributed by atoms with Gasteiger partial charge in [0, 0.05) is 6.04 Å². The molecule has 0 aromatic carbocycles. The van der Waals surface area contributed by atoms with E-state index in [1.165, 1.54) is 19.4 Å². The summed E-state index contributed by atoms with van der Waals surface area (Å²) < 4.78 is 0. The summed E-state index contributed by atoms with van der Waals surface area (Å²) in [6, 6.07) is 2.93. The molecule has 1 aliphatic heterocycles. The van der Waals surface area contributed by atoms with Crippen LogP contribution in [0.2, 0.25) is 0 Å². The first kappa shape index (κ1) is 14.5. The van der Waals surface area contributed by atoms with Crippen molar-refractivity contribution >= 4 is 0 Å². The van der Waals surface area contributed by atoms with Crippen LogP contribution in [0.3, 0.4) is 0 Å². The Morgan fingerprint density at radius 3 is 2.71 bits per heavy atom. The summed E-state index contributed by atoms with van der Waals surface area (Å²) in [6.45, 7) is 8.95. The second kappa shape index (κ2) is 6.37. The van der Waals surface area contributed by atoms with Gasteiger partial charge in [0.15, 0.2) is 0 Å². The molecule has 3 nitrogen and oxygen atoms in total. The summed E-state index contributed by atoms with van der Waals surface area (Å²) in [5, 5.41) is 9.02. The van der Waals surface area contributed by atoms with E-state index in [2.05, 4.69) is 24.8 Å². The molecule has 1 saturated heterocycles. The van der Waals surface area contributed by atoms with E-state index in [1.54, 1.807) is 0 Å². The Kier molecular flexibility index (Phi) is 5.42. The van der Waals surface area contributed by atoms with Crippen molar-refractivity contribution in [2.45, 2.75) is 64.5 Å². The number of likely N-dealkylation sites (tertiary alicyclic amines) is 1. The number of rotatable bonds is 5. The SMILES string of the molecule is CCC(N)(C#N)CCCN1CCC(C)CC1C. The van der Waals surface area contributed by atoms with E-state index in [-0.39, 0.29) is 0 Å². The third kappa shape index (κ3) is 4.29. The maximum absolute atomic E-state index is 9.02. The van der Waals surface area contributed by atoms with Crippen molar-refractivity contribution in [3.8, 4) is 6.07 Å². The molecule has 1 fully saturated rings. The molecule has 17 heavy (non-hydrogen) atoms. The number of piperidine rings is 1. The predicted molar refractivity (Wildman–Crippen MR) is 71.5 cm³/mol. The summed E-state index contributed by atoms with van der Waals surface area (Å²) in [5.74, 6) is 0.865. The Bertz CT molecular complexity index is 271. The summed E-state index contributed by atoms with van der Waals surface area (Å²) in [5.41, 5.74) is 5.38. The van der Waals surface area contributed by atoms with Crippen LogP contribution in [0, 0.1) is 17.2 Å². The van der Waals surface area contributed by atoms with Crippen LogP contribution in [0.25, 0.3) is 0 Å². The summed E-state index contributed by atoms with van der Waals surface area (Å²) >= 11 is 0. The molecule has 0 aliphatic carbocycles. The van der Waals surface area contributed by atoms with Crippen LogP contribution in [-0.2, 0) is 0 Å². The first-order chi connectivity index (χ1) is 8.00. The van der Waals surface area contributed by atoms with E-state index in [4.69, 9.17) is 11.0 Å². The van der Waals surface area contributed by atoms with Gasteiger partial charge in [-0.25, -0.2) is 0 Å². The maximum atomic E-state index is 9.02. The van der Waals surface area contributed by atoms with Crippen LogP contribution in [0.4, 0.5) is 0 Å². The van der Waals surface area contributed by atoms with Crippen molar-refractivity contribution in [1.82, 2.24) is 4.90 Å². The Morgan fingerprint density at radius 1 is 1.47 bits per heavy atom. The van der Waals surface area contributed by atoms with Gasteiger partial charge in [-0.2, -0.15) is 5.26 Å². The molecule has 0 bridgehead atoms. The van der Waals surface area contributed by atoms with E-state index in [0.717, 1.165) is 31.7 Å². The molecule has 0 radical (unpaired) electrons. The lowest BCUT2D eigenvalue weighted by atomic mass is 9.91. The molecule has 3 atom stereocenters. The fourth-order valence-electron chi connectivity index (χ4n) is 2.70. The molecular weight excluding hydrogens is 210 g/mol. The average molecular weight is 237 g/mol. The minimum atomic E-state index is -0.605. The quantitative estimate of drug-likeness (QED) is 0.799. The second-order valence-corrected chi connectivity index (χ2v) is 5.74. The zero-order valence-electron chi connectivity index (χ0n) is 11.6. The largest absolute Gasteiger partial charge is 0.313 e. The third-order valence-electron chi connectivity index (χ3n) is 4.20. The van der Waals surface area contributed by atoms with Gasteiger partial charge in [0.05, 0.1) is 6.07 Å². The van der Waals surface area contributed by atoms with Gasteiger partial charge < -0.3 is 10.6 Å². The summed E-state index contributed by atoms with van der Waals surface area (Å²) in [4.78, 5) is 2.55. The average Bonchev–Trinajstić information content (AvgIpc) is 2.32. The zero-order chi connectivity index (χ0) is 12.9. The minimum absolute atomic E-state index is 0.605. The highest BCUT2D eigenvalue weighted by Crippen LogP contribution is 2.23. The van der Waals surface area contributed by atoms with E-state index in [9.17, 15) is 0 Å². The molecule has 0 aromatic heterocycles. The van der Waals surface area contributed by atoms with Gasteiger partial charge in [-0.15, -0.1) is 0 Å². The molecule has 1 aliphatic rings. The first-order valence-electron chi connectivity index (χ1n) is 6.95. The fourth-order valence-corrected chi connectivity index (χ4v) is 2.70. The lowest BCUT2D eigenvalue weighted by Crippen LogP contribution is -2.42. The van der Waals surface area contributed by atoms with Gasteiger partial charge in [0.2, 0.25) is 0 Å². The highest BCUT2D eigenvalue weighted by Gasteiger charge is 2.25. The van der Waals surface area contributed by atoms with Gasteiger partial charge in [0.25, 0.3) is 0 Å². The first-order valence-corrected chi connectivity index (χ1v) is 6.95. The van der Waals surface area contributed by atoms with Gasteiger partial charge in [-0.1, -0.05) is 13.8 Å². The van der Waals surface area contributed by atoms with E-state index >= 15 is 0 Å². The molecule has 2 N–H and O–H groups in total. The highest BCUT2D eigenvalue weighted by atomic mass is 15.2. The molecule has 3 unspecified atom stereocenters. The lowest BCUT2D eigenvalue weighted by molar-refractivity contribution is 0.125. The number of hydrogen-bond donors (Lipinski definition) is 1. The van der Waals surface area contributed by atoms with Crippen molar-refractivity contribution in [3.63, 3.8) is 0 Å². The molecule has 0 saturated carbocycles. The van der Waals surface area contributed by atoms with Gasteiger partial charge in [0.1, 0.15) is 5.54 Å². The normalized spacial score (nSPS) is 29.6. The van der Waals surface area contributed by atoms with Crippen molar-refractivity contribution < 1.29 is 0 Å². The Hall–Kier alpha value is -0.590. The van der Waals surface area contributed by atoms with E-state index in [1.807, 2.05) is 6.92 Å². The third-order valence-corrected chi connectivity index (χ3v) is 4.20. The highest BCUT2D eigenvalue weighted by molar-refractivity contribution is 5.03. The van der Waals surface area contributed by atoms with Gasteiger partial charge in [-0.05, 0) is 58.0 Å². The molecule has 0 amide bonds. The molecule has 1 heterocycles. The number of nitrogens with zero attached hydrogens (tertiary/aromatic N) is 2. The lowest BCUT2D eigenvalue weighted by Gasteiger charge is -2.37. The Labute approximate surface area is 106 Å². The van der Waals surface area contributed by atoms with E-state index < -0.39 is 5.54 Å². The smallest absolute Gasteiger partial charge is 0.104 e. The van der Waals surface area contributed by atoms with Crippen molar-refractivity contribution in [2.75, 3.05) is 13.1 Å². The van der Waals surface area contributed by atoms with Gasteiger partial charge >= 0.3 is 0 Å². The van der Waals surface area contributed by atoms with Crippen LogP contribution in [0.5, 0.6) is 0 Å². The molecule has 1 rings (SSSR count). The van der Waals surface area contributed by atoms with Crippen molar-refractivity contribution in [1.29, 1.82) is 5.26 Å². The van der Waals surface area contributed by atoms with Crippen molar-refractivity contribution in [2.24, 2.45) is 11.7 Å². The number of nitrogens with two attached hydrogens (primary N) is 1. The van der Waals surface area contributed by atoms with Crippen LogP contribution in [-0.4, -0.2) is 29.6 Å². The summed E-state index contributed by atoms with van der Waals surface area (Å²) in [7, 11) is 0. The second-order valence-electron chi connectivity index (χ2n) is 5.74. The molecule has 0 spiro atoms. The van der Waals surface area contributed by atoms with E-state index in [0.29, 0.717) is 6.04 Å². The fraction of sp³-hybridized carbons (Fsp3) is 0.929. The zero-order valence-corrected chi connectivity index (χ0v) is 11.6. The Balaban J connectivity index is 2.30. The monoisotopic (exact) mass is 237 g/mol. The van der Waals surface area contributed by atoms with Gasteiger partial charge in [-0.3, -0.25) is 0 Å². The summed E-state index contributed by atoms with van der Waals surface area (Å²) in [6.07, 6.45) is 5.22. The number of hydrogen-bond acceptors (Lipinski definition) is 3. The maximum Gasteiger partial charge on any atom is 0.104 e. The predicted octanol–water partition coefficient (Wildman–Crippen LogP) is 2.52. The molecular formula is C14H27N3. The molecule has 0 aromatic rings. The van der Waals surface area contributed by atoms with Crippen molar-refractivity contribution in [3.05, 3.63) is 0 Å². The minimum Gasteiger partial charge on any atom is -0.313 e.